The summed E-state index contributed by atoms with van der Waals surface area (Å²) >= 11 is 0. The van der Waals surface area contributed by atoms with Gasteiger partial charge in [-0.05, 0) is 31.2 Å². The van der Waals surface area contributed by atoms with Crippen LogP contribution in [0.2, 0.25) is 0 Å². The summed E-state index contributed by atoms with van der Waals surface area (Å²) in [6.07, 6.45) is 8.23. The Hall–Kier alpha value is -0.920. The van der Waals surface area contributed by atoms with E-state index < -0.39 is 0 Å². The number of aromatic nitrogens is 2. The standard InChI is InChI=1S/C8H9N2/c1-2-7(1)5-8-3-4-9-6-10-8/h3,6-7H,1-2,5H2. The van der Waals surface area contributed by atoms with Gasteiger partial charge in [-0.25, -0.2) is 9.97 Å². The van der Waals surface area contributed by atoms with Crippen LogP contribution in [0.3, 0.4) is 0 Å². The lowest BCUT2D eigenvalue weighted by atomic mass is 10.2. The van der Waals surface area contributed by atoms with E-state index >= 15 is 0 Å². The molecule has 0 unspecified atom stereocenters. The van der Waals surface area contributed by atoms with Gasteiger partial charge in [0.1, 0.15) is 6.33 Å². The monoisotopic (exact) mass is 133 g/mol. The van der Waals surface area contributed by atoms with Crippen molar-refractivity contribution in [3.63, 3.8) is 0 Å². The molecule has 0 aromatic carbocycles. The van der Waals surface area contributed by atoms with E-state index in [1.165, 1.54) is 12.8 Å². The Balaban J connectivity index is 2.03. The lowest BCUT2D eigenvalue weighted by Gasteiger charge is -1.93. The Morgan fingerprint density at radius 2 is 2.50 bits per heavy atom. The van der Waals surface area contributed by atoms with Gasteiger partial charge in [-0.2, -0.15) is 0 Å². The molecule has 1 radical (unpaired) electrons. The van der Waals surface area contributed by atoms with Crippen molar-refractivity contribution < 1.29 is 0 Å². The van der Waals surface area contributed by atoms with Gasteiger partial charge in [-0.3, -0.25) is 0 Å². The van der Waals surface area contributed by atoms with Gasteiger partial charge in [0, 0.05) is 5.69 Å². The molecule has 0 N–H and O–H groups in total. The fourth-order valence-electron chi connectivity index (χ4n) is 1.01. The quantitative estimate of drug-likeness (QED) is 0.606. The molecule has 1 fully saturated rings. The molecule has 1 saturated carbocycles. The smallest absolute Gasteiger partial charge is 0.116 e. The largest absolute Gasteiger partial charge is 0.241 e. The average molecular weight is 133 g/mol. The van der Waals surface area contributed by atoms with Gasteiger partial charge in [0.25, 0.3) is 0 Å². The van der Waals surface area contributed by atoms with Crippen LogP contribution in [-0.2, 0) is 6.42 Å². The molecule has 0 aliphatic heterocycles. The number of nitrogens with zero attached hydrogens (tertiary/aromatic N) is 2. The fourth-order valence-corrected chi connectivity index (χ4v) is 1.01. The van der Waals surface area contributed by atoms with Crippen molar-refractivity contribution in [2.24, 2.45) is 5.92 Å². The third-order valence-electron chi connectivity index (χ3n) is 1.78. The van der Waals surface area contributed by atoms with Gasteiger partial charge in [0.05, 0.1) is 6.20 Å². The van der Waals surface area contributed by atoms with E-state index in [-0.39, 0.29) is 0 Å². The van der Waals surface area contributed by atoms with Crippen LogP contribution in [0.25, 0.3) is 0 Å². The highest BCUT2D eigenvalue weighted by Crippen LogP contribution is 2.31. The van der Waals surface area contributed by atoms with Gasteiger partial charge in [-0.1, -0.05) is 0 Å². The highest BCUT2D eigenvalue weighted by Gasteiger charge is 2.21. The first-order chi connectivity index (χ1) is 4.95. The lowest BCUT2D eigenvalue weighted by molar-refractivity contribution is 0.798. The van der Waals surface area contributed by atoms with Crippen molar-refractivity contribution in [1.82, 2.24) is 9.97 Å². The molecule has 2 nitrogen and oxygen atoms in total. The zero-order valence-corrected chi connectivity index (χ0v) is 5.75. The minimum atomic E-state index is 0.906. The summed E-state index contributed by atoms with van der Waals surface area (Å²) in [5, 5.41) is 0. The summed E-state index contributed by atoms with van der Waals surface area (Å²) in [7, 11) is 0. The predicted molar refractivity (Wildman–Crippen MR) is 37.3 cm³/mol. The second-order valence-electron chi connectivity index (χ2n) is 2.79. The maximum absolute atomic E-state index is 4.12. The number of rotatable bonds is 2. The molecule has 0 bridgehead atoms. The van der Waals surface area contributed by atoms with Crippen molar-refractivity contribution in [2.75, 3.05) is 0 Å². The first kappa shape index (κ1) is 5.83. The van der Waals surface area contributed by atoms with Gasteiger partial charge >= 0.3 is 0 Å². The molecule has 2 heteroatoms. The van der Waals surface area contributed by atoms with E-state index in [1.54, 1.807) is 6.33 Å². The van der Waals surface area contributed by atoms with Crippen molar-refractivity contribution in [2.45, 2.75) is 19.3 Å². The Kier molecular flexibility index (Phi) is 1.38. The molecule has 1 aliphatic rings. The molecule has 1 aromatic heterocycles. The van der Waals surface area contributed by atoms with Gasteiger partial charge in [0.15, 0.2) is 0 Å². The number of hydrogen-bond acceptors (Lipinski definition) is 2. The summed E-state index contributed by atoms with van der Waals surface area (Å²) in [6.45, 7) is 0. The Labute approximate surface area is 60.3 Å². The van der Waals surface area contributed by atoms with E-state index in [0.29, 0.717) is 0 Å². The minimum Gasteiger partial charge on any atom is -0.241 e. The van der Waals surface area contributed by atoms with Crippen LogP contribution in [0, 0.1) is 12.1 Å². The lowest BCUT2D eigenvalue weighted by Crippen LogP contribution is -1.90. The first-order valence-electron chi connectivity index (χ1n) is 3.62. The zero-order valence-electron chi connectivity index (χ0n) is 5.75. The van der Waals surface area contributed by atoms with E-state index in [0.717, 1.165) is 18.0 Å². The molecule has 51 valence electrons. The fraction of sp³-hybridized carbons (Fsp3) is 0.500. The minimum absolute atomic E-state index is 0.906. The van der Waals surface area contributed by atoms with E-state index in [1.807, 2.05) is 6.07 Å². The second kappa shape index (κ2) is 2.37. The Bertz CT molecular complexity index is 204. The van der Waals surface area contributed by atoms with Crippen molar-refractivity contribution >= 4 is 0 Å². The van der Waals surface area contributed by atoms with Crippen molar-refractivity contribution in [3.8, 4) is 0 Å². The van der Waals surface area contributed by atoms with Crippen LogP contribution in [0.15, 0.2) is 12.4 Å². The molecule has 0 saturated heterocycles. The Morgan fingerprint density at radius 1 is 1.60 bits per heavy atom. The highest BCUT2D eigenvalue weighted by molar-refractivity contribution is 5.00. The summed E-state index contributed by atoms with van der Waals surface area (Å²) in [4.78, 5) is 7.85. The molecule has 1 aliphatic carbocycles. The normalized spacial score (nSPS) is 17.2. The van der Waals surface area contributed by atoms with Crippen LogP contribution in [-0.4, -0.2) is 9.97 Å². The zero-order chi connectivity index (χ0) is 6.81. The molecule has 0 spiro atoms. The van der Waals surface area contributed by atoms with Crippen LogP contribution in [0.4, 0.5) is 0 Å². The molecule has 1 heterocycles. The third-order valence-corrected chi connectivity index (χ3v) is 1.78. The summed E-state index contributed by atoms with van der Waals surface area (Å²) in [5.41, 5.74) is 1.14. The summed E-state index contributed by atoms with van der Waals surface area (Å²) in [6, 6.07) is 1.87. The van der Waals surface area contributed by atoms with Gasteiger partial charge < -0.3 is 0 Å². The van der Waals surface area contributed by atoms with Crippen LogP contribution >= 0.6 is 0 Å². The maximum Gasteiger partial charge on any atom is 0.116 e. The molecule has 2 rings (SSSR count). The van der Waals surface area contributed by atoms with Crippen molar-refractivity contribution in [1.29, 1.82) is 0 Å². The van der Waals surface area contributed by atoms with Crippen molar-refractivity contribution in [3.05, 3.63) is 24.3 Å². The third kappa shape index (κ3) is 1.32. The predicted octanol–water partition coefficient (Wildman–Crippen LogP) is 1.23. The van der Waals surface area contributed by atoms with Crippen LogP contribution < -0.4 is 0 Å². The topological polar surface area (TPSA) is 25.8 Å². The van der Waals surface area contributed by atoms with Gasteiger partial charge in [-0.15, -0.1) is 0 Å². The Morgan fingerprint density at radius 3 is 3.10 bits per heavy atom. The van der Waals surface area contributed by atoms with E-state index in [2.05, 4.69) is 16.2 Å². The second-order valence-corrected chi connectivity index (χ2v) is 2.79. The molecular formula is C8H9N2. The maximum atomic E-state index is 4.12. The summed E-state index contributed by atoms with van der Waals surface area (Å²) < 4.78 is 0. The van der Waals surface area contributed by atoms with E-state index in [9.17, 15) is 0 Å². The van der Waals surface area contributed by atoms with Gasteiger partial charge in [0.2, 0.25) is 0 Å². The molecule has 1 aromatic rings. The number of hydrogen-bond donors (Lipinski definition) is 0. The SMILES string of the molecule is [c]1cc(CC2CC2)ncn1. The first-order valence-corrected chi connectivity index (χ1v) is 3.62. The average Bonchev–Trinajstić information content (AvgIpc) is 2.74. The molecule has 0 atom stereocenters. The molecule has 10 heavy (non-hydrogen) atoms. The molecular weight excluding hydrogens is 124 g/mol. The summed E-state index contributed by atoms with van der Waals surface area (Å²) in [5.74, 6) is 0.906. The van der Waals surface area contributed by atoms with E-state index in [4.69, 9.17) is 0 Å². The highest BCUT2D eigenvalue weighted by atomic mass is 14.8. The molecule has 0 amide bonds. The van der Waals surface area contributed by atoms with Crippen LogP contribution in [0.5, 0.6) is 0 Å². The van der Waals surface area contributed by atoms with Crippen LogP contribution in [0.1, 0.15) is 18.5 Å².